The molecule has 1 atom stereocenters. The van der Waals surface area contributed by atoms with E-state index in [0.29, 0.717) is 19.3 Å². The lowest BCUT2D eigenvalue weighted by atomic mass is 10.0. The third-order valence-corrected chi connectivity index (χ3v) is 14.0. The molecule has 0 bridgehead atoms. The fourth-order valence-corrected chi connectivity index (χ4v) is 9.01. The normalized spacial score (nSPS) is 13.1. The minimum absolute atomic E-state index is 0.0927. The molecule has 0 spiro atoms. The Kier molecular flexibility index (Phi) is 65.4. The van der Waals surface area contributed by atoms with Crippen molar-refractivity contribution in [2.75, 3.05) is 13.2 Å². The Labute approximate surface area is 511 Å². The third kappa shape index (κ3) is 67.7. The molecule has 0 fully saturated rings. The van der Waals surface area contributed by atoms with E-state index in [4.69, 9.17) is 14.2 Å². The standard InChI is InChI=1S/C77H124O6/c1-4-7-10-13-16-19-21-23-25-27-29-31-33-35-36-37-38-39-40-42-43-45-47-49-51-53-55-58-61-64-67-70-76(79)82-73-74(72-81-75(78)69-66-63-60-57-18-15-12-9-6-3)83-77(80)71-68-65-62-59-56-54-52-50-48-46-44-41-34-32-30-28-26-24-22-20-17-14-11-8-5-2/h7-8,10-11,16-17,19-20,23-26,29-32,35-36,38-39,42-43,47,49,53,55,74H,4-6,9,12-15,18,21-22,27-28,33-34,37,40-41,44-46,48,50-52,54,56-73H2,1-3H3/b10-7-,11-8-,19-16-,20-17-,25-23-,26-24-,31-29-,32-30-,36-35-,39-38-,43-42-,49-47-,55-53-. The number of carbonyl (C=O) groups excluding carboxylic acids is 3. The molecule has 0 radical (unpaired) electrons. The molecule has 0 saturated carbocycles. The first kappa shape index (κ1) is 78.0. The van der Waals surface area contributed by atoms with Gasteiger partial charge >= 0.3 is 17.9 Å². The molecule has 468 valence electrons. The molecule has 0 heterocycles. The van der Waals surface area contributed by atoms with Crippen molar-refractivity contribution in [2.45, 2.75) is 297 Å². The molecule has 0 aromatic carbocycles. The van der Waals surface area contributed by atoms with Crippen molar-refractivity contribution >= 4 is 17.9 Å². The van der Waals surface area contributed by atoms with E-state index in [1.54, 1.807) is 0 Å². The van der Waals surface area contributed by atoms with Crippen molar-refractivity contribution in [2.24, 2.45) is 0 Å². The summed E-state index contributed by atoms with van der Waals surface area (Å²) in [5.41, 5.74) is 0. The minimum Gasteiger partial charge on any atom is -0.462 e. The molecule has 0 aliphatic heterocycles. The molecular weight excluding hydrogens is 1020 g/mol. The van der Waals surface area contributed by atoms with Crippen LogP contribution in [0.1, 0.15) is 290 Å². The number of rotatable bonds is 60. The number of carbonyl (C=O) groups is 3. The van der Waals surface area contributed by atoms with Crippen LogP contribution in [-0.2, 0) is 28.6 Å². The van der Waals surface area contributed by atoms with Gasteiger partial charge in [-0.3, -0.25) is 14.4 Å². The highest BCUT2D eigenvalue weighted by molar-refractivity contribution is 5.71. The minimum atomic E-state index is -0.799. The number of hydrogen-bond acceptors (Lipinski definition) is 6. The molecule has 6 nitrogen and oxygen atoms in total. The van der Waals surface area contributed by atoms with Crippen molar-refractivity contribution in [1.29, 1.82) is 0 Å². The van der Waals surface area contributed by atoms with E-state index in [9.17, 15) is 14.4 Å². The van der Waals surface area contributed by atoms with Gasteiger partial charge in [0.05, 0.1) is 0 Å². The van der Waals surface area contributed by atoms with Crippen LogP contribution in [-0.4, -0.2) is 37.2 Å². The van der Waals surface area contributed by atoms with Crippen molar-refractivity contribution in [3.8, 4) is 0 Å². The second-order valence-corrected chi connectivity index (χ2v) is 22.0. The second kappa shape index (κ2) is 69.5. The summed E-state index contributed by atoms with van der Waals surface area (Å²) >= 11 is 0. The first-order valence-electron chi connectivity index (χ1n) is 34.0. The van der Waals surface area contributed by atoms with E-state index >= 15 is 0 Å². The summed E-state index contributed by atoms with van der Waals surface area (Å²) in [5.74, 6) is -0.931. The molecule has 0 rings (SSSR count). The maximum atomic E-state index is 12.9. The molecule has 0 amide bonds. The SMILES string of the molecule is CC/C=C\C/C=C\C/C=C\C/C=C\C/C=C\C/C=C\C/C=C\C/C=C\C/C=C\CCCCCC(=O)OCC(COC(=O)CCCCCCCCCCC)OC(=O)CCCCCCCCCCCCCC/C=C\C/C=C\C/C=C\C/C=C\CC. The van der Waals surface area contributed by atoms with E-state index < -0.39 is 6.10 Å². The molecule has 0 aromatic rings. The lowest BCUT2D eigenvalue weighted by Crippen LogP contribution is -2.30. The van der Waals surface area contributed by atoms with Crippen LogP contribution >= 0.6 is 0 Å². The van der Waals surface area contributed by atoms with E-state index in [0.717, 1.165) is 148 Å². The lowest BCUT2D eigenvalue weighted by molar-refractivity contribution is -0.167. The van der Waals surface area contributed by atoms with E-state index in [1.807, 2.05) is 0 Å². The van der Waals surface area contributed by atoms with Crippen molar-refractivity contribution in [1.82, 2.24) is 0 Å². The zero-order valence-electron chi connectivity index (χ0n) is 53.7. The van der Waals surface area contributed by atoms with Crippen LogP contribution in [0.15, 0.2) is 158 Å². The van der Waals surface area contributed by atoms with Crippen LogP contribution in [0.25, 0.3) is 0 Å². The molecule has 0 aromatic heterocycles. The highest BCUT2D eigenvalue weighted by Gasteiger charge is 2.19. The van der Waals surface area contributed by atoms with Crippen LogP contribution in [0.2, 0.25) is 0 Å². The number of unbranched alkanes of at least 4 members (excludes halogenated alkanes) is 23. The summed E-state index contributed by atoms with van der Waals surface area (Å²) in [6, 6.07) is 0. The Morgan fingerprint density at radius 3 is 0.747 bits per heavy atom. The van der Waals surface area contributed by atoms with Crippen LogP contribution in [0.5, 0.6) is 0 Å². The largest absolute Gasteiger partial charge is 0.462 e. The average molecular weight is 1150 g/mol. The predicted octanol–water partition coefficient (Wildman–Crippen LogP) is 23.7. The predicted molar refractivity (Wildman–Crippen MR) is 362 cm³/mol. The monoisotopic (exact) mass is 1140 g/mol. The summed E-state index contributed by atoms with van der Waals surface area (Å²) in [5, 5.41) is 0. The number of esters is 3. The molecular formula is C77H124O6. The zero-order valence-corrected chi connectivity index (χ0v) is 53.7. The maximum Gasteiger partial charge on any atom is 0.306 e. The molecule has 0 aliphatic carbocycles. The maximum absolute atomic E-state index is 12.9. The Hall–Kier alpha value is -4.97. The van der Waals surface area contributed by atoms with Crippen LogP contribution in [0.4, 0.5) is 0 Å². The van der Waals surface area contributed by atoms with Crippen molar-refractivity contribution < 1.29 is 28.6 Å². The molecule has 83 heavy (non-hydrogen) atoms. The Morgan fingerprint density at radius 1 is 0.253 bits per heavy atom. The van der Waals surface area contributed by atoms with Crippen molar-refractivity contribution in [3.05, 3.63) is 158 Å². The number of hydrogen-bond donors (Lipinski definition) is 0. The second-order valence-electron chi connectivity index (χ2n) is 22.0. The fourth-order valence-electron chi connectivity index (χ4n) is 9.01. The molecule has 0 aliphatic rings. The van der Waals surface area contributed by atoms with Crippen LogP contribution < -0.4 is 0 Å². The Bertz CT molecular complexity index is 1840. The number of allylic oxidation sites excluding steroid dienone is 26. The summed E-state index contributed by atoms with van der Waals surface area (Å²) in [6.45, 7) is 6.37. The van der Waals surface area contributed by atoms with Gasteiger partial charge in [-0.1, -0.05) is 301 Å². The molecule has 0 saturated heterocycles. The summed E-state index contributed by atoms with van der Waals surface area (Å²) in [4.78, 5) is 38.3. The van der Waals surface area contributed by atoms with E-state index in [1.165, 1.54) is 103 Å². The number of ether oxygens (including phenoxy) is 3. The van der Waals surface area contributed by atoms with Gasteiger partial charge in [0.25, 0.3) is 0 Å². The molecule has 0 N–H and O–H groups in total. The quantitative estimate of drug-likeness (QED) is 0.0261. The van der Waals surface area contributed by atoms with Gasteiger partial charge in [-0.05, 0) is 128 Å². The Balaban J connectivity index is 4.30. The van der Waals surface area contributed by atoms with Crippen LogP contribution in [0, 0.1) is 0 Å². The van der Waals surface area contributed by atoms with E-state index in [-0.39, 0.29) is 31.1 Å². The van der Waals surface area contributed by atoms with Gasteiger partial charge < -0.3 is 14.2 Å². The van der Waals surface area contributed by atoms with Gasteiger partial charge in [-0.15, -0.1) is 0 Å². The van der Waals surface area contributed by atoms with Crippen molar-refractivity contribution in [3.63, 3.8) is 0 Å². The Morgan fingerprint density at radius 2 is 0.470 bits per heavy atom. The molecule has 6 heteroatoms. The summed E-state index contributed by atoms with van der Waals surface area (Å²) in [6.07, 6.45) is 101. The zero-order chi connectivity index (χ0) is 59.9. The van der Waals surface area contributed by atoms with Gasteiger partial charge in [0.2, 0.25) is 0 Å². The molecule has 1 unspecified atom stereocenters. The van der Waals surface area contributed by atoms with Gasteiger partial charge in [0.1, 0.15) is 13.2 Å². The third-order valence-electron chi connectivity index (χ3n) is 14.0. The first-order valence-corrected chi connectivity index (χ1v) is 34.0. The van der Waals surface area contributed by atoms with Gasteiger partial charge in [0, 0.05) is 19.3 Å². The smallest absolute Gasteiger partial charge is 0.306 e. The fraction of sp³-hybridized carbons (Fsp3) is 0.623. The van der Waals surface area contributed by atoms with Gasteiger partial charge in [-0.2, -0.15) is 0 Å². The van der Waals surface area contributed by atoms with Gasteiger partial charge in [0.15, 0.2) is 6.10 Å². The summed E-state index contributed by atoms with van der Waals surface area (Å²) in [7, 11) is 0. The van der Waals surface area contributed by atoms with Crippen LogP contribution in [0.3, 0.4) is 0 Å². The highest BCUT2D eigenvalue weighted by Crippen LogP contribution is 2.16. The van der Waals surface area contributed by atoms with E-state index in [2.05, 4.69) is 179 Å². The van der Waals surface area contributed by atoms with Gasteiger partial charge in [-0.25, -0.2) is 0 Å². The highest BCUT2D eigenvalue weighted by atomic mass is 16.6. The topological polar surface area (TPSA) is 78.9 Å². The summed E-state index contributed by atoms with van der Waals surface area (Å²) < 4.78 is 16.9. The average Bonchev–Trinajstić information content (AvgIpc) is 3.49. The lowest BCUT2D eigenvalue weighted by Gasteiger charge is -2.18. The first-order chi connectivity index (χ1) is 41.0.